The maximum absolute atomic E-state index is 11.0. The molecule has 0 bridgehead atoms. The number of hydrogen-bond donors (Lipinski definition) is 2. The van der Waals surface area contributed by atoms with Crippen LogP contribution in [-0.4, -0.2) is 98.3 Å². The number of carboxylic acid groups (broad SMARTS) is 1. The van der Waals surface area contributed by atoms with Gasteiger partial charge in [-0.1, -0.05) is 0 Å². The largest absolute Gasteiger partial charge is 0.480 e. The molecule has 0 amide bonds. The average molecular weight is 521 g/mol. The molecule has 2 N–H and O–H groups in total. The molecule has 2 spiro atoms. The van der Waals surface area contributed by atoms with Gasteiger partial charge in [0.15, 0.2) is 0 Å². The average Bonchev–Trinajstić information content (AvgIpc) is 3.13. The van der Waals surface area contributed by atoms with Crippen molar-refractivity contribution in [3.05, 3.63) is 0 Å². The number of rotatable bonds is 2. The van der Waals surface area contributed by atoms with Gasteiger partial charge in [0.1, 0.15) is 6.04 Å². The minimum Gasteiger partial charge on any atom is -0.480 e. The van der Waals surface area contributed by atoms with Crippen molar-refractivity contribution in [1.29, 1.82) is 0 Å². The van der Waals surface area contributed by atoms with E-state index in [1.165, 1.54) is 12.8 Å². The second kappa shape index (κ2) is 14.8. The van der Waals surface area contributed by atoms with Crippen molar-refractivity contribution < 1.29 is 24.5 Å². The van der Waals surface area contributed by atoms with Gasteiger partial charge in [-0.2, -0.15) is 54.0 Å². The van der Waals surface area contributed by atoms with Crippen LogP contribution >= 0.6 is 54.0 Å². The highest BCUT2D eigenvalue weighted by molar-refractivity contribution is 7.59. The number of likely N-dealkylation sites (tertiary alicyclic amines) is 2. The van der Waals surface area contributed by atoms with Crippen molar-refractivity contribution in [3.8, 4) is 0 Å². The fraction of sp³-hybridized carbons (Fsp3) is 0.950. The van der Waals surface area contributed by atoms with Crippen molar-refractivity contribution in [1.82, 2.24) is 9.80 Å². The highest BCUT2D eigenvalue weighted by Crippen LogP contribution is 2.41. The molecule has 4 heterocycles. The Morgan fingerprint density at radius 3 is 1.74 bits per heavy atom. The lowest BCUT2D eigenvalue weighted by atomic mass is 9.80. The first-order valence-electron chi connectivity index (χ1n) is 10.3. The fourth-order valence-electron chi connectivity index (χ4n) is 5.52. The Balaban J connectivity index is 0. The van der Waals surface area contributed by atoms with E-state index in [0.29, 0.717) is 11.5 Å². The highest BCUT2D eigenvalue weighted by atomic mass is 32.1. The van der Waals surface area contributed by atoms with E-state index in [1.807, 2.05) is 11.9 Å². The van der Waals surface area contributed by atoms with E-state index in [0.717, 1.165) is 65.2 Å². The number of aliphatic carboxylic acids is 1. The van der Waals surface area contributed by atoms with E-state index in [1.54, 1.807) is 0 Å². The summed E-state index contributed by atoms with van der Waals surface area (Å²) in [6, 6.07) is 0.0541. The zero-order valence-electron chi connectivity index (χ0n) is 18.9. The van der Waals surface area contributed by atoms with Gasteiger partial charge in [0.2, 0.25) is 0 Å². The summed E-state index contributed by atoms with van der Waals surface area (Å²) < 4.78 is 11.0. The van der Waals surface area contributed by atoms with Gasteiger partial charge in [0.25, 0.3) is 0 Å². The van der Waals surface area contributed by atoms with Crippen LogP contribution in [0.2, 0.25) is 0 Å². The Morgan fingerprint density at radius 1 is 0.903 bits per heavy atom. The van der Waals surface area contributed by atoms with E-state index in [-0.39, 0.29) is 72.0 Å². The molecular weight excluding hydrogens is 476 g/mol. The van der Waals surface area contributed by atoms with Crippen LogP contribution in [0.4, 0.5) is 0 Å². The maximum Gasteiger partial charge on any atom is 0.320 e. The minimum atomic E-state index is -0.699. The van der Waals surface area contributed by atoms with Crippen molar-refractivity contribution in [2.24, 2.45) is 10.8 Å². The lowest BCUT2D eigenvalue weighted by Crippen LogP contribution is -2.34. The quantitative estimate of drug-likeness (QED) is 0.571. The van der Waals surface area contributed by atoms with Gasteiger partial charge in [-0.15, -0.1) is 0 Å². The topological polar surface area (TPSA) is 82.5 Å². The fourth-order valence-corrected chi connectivity index (χ4v) is 5.52. The van der Waals surface area contributed by atoms with Crippen LogP contribution in [0.25, 0.3) is 0 Å². The molecule has 4 atom stereocenters. The summed E-state index contributed by atoms with van der Waals surface area (Å²) in [5, 5.41) is 18.2. The van der Waals surface area contributed by atoms with Gasteiger partial charge in [0, 0.05) is 43.2 Å². The lowest BCUT2D eigenvalue weighted by molar-refractivity contribution is -0.141. The molecule has 0 aliphatic carbocycles. The third kappa shape index (κ3) is 8.43. The molecule has 0 unspecified atom stereocenters. The zero-order valence-corrected chi connectivity index (χ0v) is 22.9. The Labute approximate surface area is 215 Å². The number of carboxylic acids is 1. The van der Waals surface area contributed by atoms with Crippen molar-refractivity contribution in [2.45, 2.75) is 50.6 Å². The Hall–Kier alpha value is 0.670. The molecule has 4 saturated heterocycles. The van der Waals surface area contributed by atoms with E-state index in [2.05, 4.69) is 11.9 Å². The normalized spacial score (nSPS) is 35.1. The monoisotopic (exact) mass is 520 g/mol. The summed E-state index contributed by atoms with van der Waals surface area (Å²) in [5.41, 5.74) is 0.483. The Bertz CT molecular complexity index is 520. The highest BCUT2D eigenvalue weighted by Gasteiger charge is 2.46. The molecule has 0 aromatic heterocycles. The standard InChI is InChI=1S/C10H17NO3.C10H19NO2.4H2S/c1-11-6-10(3-2-4-14-7-10)5-8(11)9(12)13;1-11-7-10(5-9(11)6-12)3-2-4-13-8-10;;;;/h8H,2-7H2,1H3,(H,12,13);9,12H,2-8H2,1H3;4*1H2/t8-,10-;9-,10-;;;;/m00..../s1. The van der Waals surface area contributed by atoms with Gasteiger partial charge >= 0.3 is 5.97 Å². The van der Waals surface area contributed by atoms with Crippen LogP contribution < -0.4 is 0 Å². The number of likely N-dealkylation sites (N-methyl/N-ethyl adjacent to an activating group) is 2. The molecule has 4 aliphatic heterocycles. The van der Waals surface area contributed by atoms with Crippen LogP contribution in [-0.2, 0) is 14.3 Å². The number of aliphatic hydroxyl groups excluding tert-OH is 1. The summed E-state index contributed by atoms with van der Waals surface area (Å²) in [6.07, 6.45) is 6.50. The zero-order chi connectivity index (χ0) is 19.5. The van der Waals surface area contributed by atoms with Gasteiger partial charge in [0.05, 0.1) is 19.8 Å². The van der Waals surface area contributed by atoms with Crippen LogP contribution in [0.5, 0.6) is 0 Å². The van der Waals surface area contributed by atoms with Crippen LogP contribution in [0, 0.1) is 10.8 Å². The summed E-state index contributed by atoms with van der Waals surface area (Å²) in [7, 11) is 3.99. The molecule has 31 heavy (non-hydrogen) atoms. The summed E-state index contributed by atoms with van der Waals surface area (Å²) in [4.78, 5) is 15.2. The van der Waals surface area contributed by atoms with E-state index in [4.69, 9.17) is 19.7 Å². The molecule has 4 fully saturated rings. The predicted octanol–water partition coefficient (Wildman–Crippen LogP) is 1.50. The second-order valence-corrected chi connectivity index (χ2v) is 9.24. The van der Waals surface area contributed by atoms with Crippen LogP contribution in [0.15, 0.2) is 0 Å². The molecule has 7 nitrogen and oxygen atoms in total. The number of hydrogen-bond acceptors (Lipinski definition) is 6. The molecule has 4 rings (SSSR count). The first-order valence-corrected chi connectivity index (χ1v) is 10.3. The smallest absolute Gasteiger partial charge is 0.320 e. The van der Waals surface area contributed by atoms with E-state index >= 15 is 0 Å². The first kappa shape index (κ1) is 33.8. The van der Waals surface area contributed by atoms with Crippen LogP contribution in [0.1, 0.15) is 38.5 Å². The third-order valence-electron chi connectivity index (χ3n) is 6.92. The molecule has 0 radical (unpaired) electrons. The summed E-state index contributed by atoms with van der Waals surface area (Å²) >= 11 is 0. The first-order chi connectivity index (χ1) is 12.9. The Morgan fingerprint density at radius 2 is 1.39 bits per heavy atom. The van der Waals surface area contributed by atoms with E-state index < -0.39 is 5.97 Å². The van der Waals surface area contributed by atoms with Crippen molar-refractivity contribution in [2.75, 3.05) is 60.2 Å². The predicted molar refractivity (Wildman–Crippen MR) is 143 cm³/mol. The summed E-state index contributed by atoms with van der Waals surface area (Å²) in [5.74, 6) is -0.699. The number of aliphatic hydroxyl groups is 1. The van der Waals surface area contributed by atoms with Crippen LogP contribution in [0.3, 0.4) is 0 Å². The number of ether oxygens (including phenoxy) is 2. The SMILES string of the molecule is CN1C[C@]2(CCCOC2)C[C@H]1C(=O)O.CN1C[C@]2(CCCOC2)C[C@H]1CO.S.S.S.S. The third-order valence-corrected chi connectivity index (χ3v) is 6.92. The molecule has 188 valence electrons. The second-order valence-electron chi connectivity index (χ2n) is 9.24. The van der Waals surface area contributed by atoms with Gasteiger partial charge in [-0.25, -0.2) is 0 Å². The molecular formula is C20H44N2O5S4. The number of nitrogens with zero attached hydrogens (tertiary/aromatic N) is 2. The van der Waals surface area contributed by atoms with Crippen molar-refractivity contribution in [3.63, 3.8) is 0 Å². The van der Waals surface area contributed by atoms with Gasteiger partial charge in [-0.05, 0) is 52.6 Å². The Kier molecular flexibility index (Phi) is 16.2. The lowest BCUT2D eigenvalue weighted by Gasteiger charge is -2.32. The number of carbonyl (C=O) groups is 1. The van der Waals surface area contributed by atoms with E-state index in [9.17, 15) is 4.79 Å². The van der Waals surface area contributed by atoms with Crippen molar-refractivity contribution >= 4 is 60.0 Å². The summed E-state index contributed by atoms with van der Waals surface area (Å²) in [6.45, 7) is 5.65. The molecule has 0 aromatic carbocycles. The van der Waals surface area contributed by atoms with Gasteiger partial charge in [-0.3, -0.25) is 9.69 Å². The maximum atomic E-state index is 11.0. The molecule has 0 aromatic rings. The minimum absolute atomic E-state index is 0. The molecule has 4 aliphatic rings. The van der Waals surface area contributed by atoms with Gasteiger partial charge < -0.3 is 24.6 Å². The molecule has 11 heteroatoms. The molecule has 0 saturated carbocycles.